The highest BCUT2D eigenvalue weighted by Gasteiger charge is 2.15. The maximum absolute atomic E-state index is 10.7. The van der Waals surface area contributed by atoms with Crippen LogP contribution in [-0.2, 0) is 0 Å². The minimum absolute atomic E-state index is 0.00299. The van der Waals surface area contributed by atoms with Crippen molar-refractivity contribution in [2.24, 2.45) is 4.99 Å². The van der Waals surface area contributed by atoms with Crippen LogP contribution in [0, 0.1) is 17.0 Å². The van der Waals surface area contributed by atoms with Crippen LogP contribution in [0.5, 0.6) is 11.5 Å². The predicted molar refractivity (Wildman–Crippen MR) is 74.9 cm³/mol. The molecule has 0 aromatic heterocycles. The van der Waals surface area contributed by atoms with Gasteiger partial charge >= 0.3 is 5.69 Å². The van der Waals surface area contributed by atoms with Gasteiger partial charge < -0.3 is 10.2 Å². The van der Waals surface area contributed by atoms with Gasteiger partial charge in [0.1, 0.15) is 11.4 Å². The molecule has 0 saturated heterocycles. The van der Waals surface area contributed by atoms with Gasteiger partial charge in [0.25, 0.3) is 0 Å². The highest BCUT2D eigenvalue weighted by molar-refractivity contribution is 5.87. The van der Waals surface area contributed by atoms with Crippen LogP contribution in [0.2, 0.25) is 0 Å². The number of hydrogen-bond acceptors (Lipinski definition) is 5. The fraction of sp³-hybridized carbons (Fsp3) is 0.0714. The van der Waals surface area contributed by atoms with Gasteiger partial charge in [-0.2, -0.15) is 0 Å². The second-order valence-corrected chi connectivity index (χ2v) is 4.22. The van der Waals surface area contributed by atoms with Crippen LogP contribution in [0.25, 0.3) is 0 Å². The number of rotatable bonds is 3. The van der Waals surface area contributed by atoms with Crippen molar-refractivity contribution in [1.82, 2.24) is 0 Å². The Kier molecular flexibility index (Phi) is 3.65. The summed E-state index contributed by atoms with van der Waals surface area (Å²) in [7, 11) is 0. The van der Waals surface area contributed by atoms with Gasteiger partial charge in [-0.15, -0.1) is 0 Å². The zero-order valence-corrected chi connectivity index (χ0v) is 10.6. The lowest BCUT2D eigenvalue weighted by molar-refractivity contribution is -0.385. The maximum Gasteiger partial charge on any atom is 0.311 e. The lowest BCUT2D eigenvalue weighted by Gasteiger charge is -2.01. The van der Waals surface area contributed by atoms with E-state index in [1.807, 2.05) is 6.92 Å². The van der Waals surface area contributed by atoms with Gasteiger partial charge in [-0.05, 0) is 30.7 Å². The van der Waals surface area contributed by atoms with Gasteiger partial charge in [0.05, 0.1) is 4.92 Å². The molecule has 0 unspecified atom stereocenters. The average Bonchev–Trinajstić information content (AvgIpc) is 2.41. The number of aryl methyl sites for hydroxylation is 1. The first-order valence-corrected chi connectivity index (χ1v) is 5.79. The van der Waals surface area contributed by atoms with Gasteiger partial charge in [0, 0.05) is 17.8 Å². The molecule has 102 valence electrons. The molecule has 2 aromatic carbocycles. The van der Waals surface area contributed by atoms with Crippen molar-refractivity contribution in [1.29, 1.82) is 0 Å². The third-order valence-electron chi connectivity index (χ3n) is 2.72. The predicted octanol–water partition coefficient (Wildman–Crippen LogP) is 3.07. The van der Waals surface area contributed by atoms with Crippen LogP contribution in [-0.4, -0.2) is 21.4 Å². The van der Waals surface area contributed by atoms with Crippen molar-refractivity contribution < 1.29 is 15.1 Å². The first-order valence-electron chi connectivity index (χ1n) is 5.79. The van der Waals surface area contributed by atoms with Crippen LogP contribution in [0.3, 0.4) is 0 Å². The van der Waals surface area contributed by atoms with E-state index in [0.717, 1.165) is 5.56 Å². The summed E-state index contributed by atoms with van der Waals surface area (Å²) in [5, 5.41) is 30.1. The molecule has 0 aliphatic rings. The summed E-state index contributed by atoms with van der Waals surface area (Å²) in [6.07, 6.45) is 1.27. The molecule has 20 heavy (non-hydrogen) atoms. The van der Waals surface area contributed by atoms with Crippen LogP contribution in [0.4, 0.5) is 11.4 Å². The standard InChI is InChI=1S/C14H12N2O4/c1-9-5-6-13(17)11(7-9)15-8-10-3-2-4-12(14(10)18)16(19)20/h2-8,17-18H,1H3. The fourth-order valence-corrected chi connectivity index (χ4v) is 1.68. The van der Waals surface area contributed by atoms with E-state index in [0.29, 0.717) is 5.69 Å². The number of para-hydroxylation sites is 1. The number of nitrogens with zero attached hydrogens (tertiary/aromatic N) is 2. The van der Waals surface area contributed by atoms with E-state index >= 15 is 0 Å². The molecule has 0 bridgehead atoms. The zero-order chi connectivity index (χ0) is 14.7. The molecule has 2 rings (SSSR count). The van der Waals surface area contributed by atoms with Crippen molar-refractivity contribution in [3.8, 4) is 11.5 Å². The quantitative estimate of drug-likeness (QED) is 0.510. The Labute approximate surface area is 114 Å². The van der Waals surface area contributed by atoms with Gasteiger partial charge in [-0.3, -0.25) is 15.1 Å². The summed E-state index contributed by atoms with van der Waals surface area (Å²) < 4.78 is 0. The van der Waals surface area contributed by atoms with Crippen LogP contribution in [0.15, 0.2) is 41.4 Å². The van der Waals surface area contributed by atoms with Crippen LogP contribution in [0.1, 0.15) is 11.1 Å². The summed E-state index contributed by atoms with van der Waals surface area (Å²) in [6.45, 7) is 1.85. The smallest absolute Gasteiger partial charge is 0.311 e. The Morgan fingerprint density at radius 1 is 1.25 bits per heavy atom. The summed E-state index contributed by atoms with van der Waals surface area (Å²) in [6, 6.07) is 9.07. The molecule has 0 aliphatic heterocycles. The SMILES string of the molecule is Cc1ccc(O)c(N=Cc2cccc([N+](=O)[O-])c2O)c1. The third kappa shape index (κ3) is 2.74. The van der Waals surface area contributed by atoms with Gasteiger partial charge in [0.2, 0.25) is 5.75 Å². The van der Waals surface area contributed by atoms with Crippen molar-refractivity contribution >= 4 is 17.6 Å². The normalized spacial score (nSPS) is 10.8. The number of aliphatic imine (C=N–C) groups is 1. The minimum Gasteiger partial charge on any atom is -0.506 e. The Morgan fingerprint density at radius 3 is 2.70 bits per heavy atom. The molecule has 0 saturated carbocycles. The second kappa shape index (κ2) is 5.40. The fourth-order valence-electron chi connectivity index (χ4n) is 1.68. The minimum atomic E-state index is -0.670. The molecule has 0 amide bonds. The molecular weight excluding hydrogens is 260 g/mol. The van der Waals surface area contributed by atoms with Crippen LogP contribution >= 0.6 is 0 Å². The Bertz CT molecular complexity index is 696. The van der Waals surface area contributed by atoms with Crippen molar-refractivity contribution in [3.63, 3.8) is 0 Å². The monoisotopic (exact) mass is 272 g/mol. The van der Waals surface area contributed by atoms with E-state index in [4.69, 9.17) is 0 Å². The lowest BCUT2D eigenvalue weighted by Crippen LogP contribution is -1.91. The van der Waals surface area contributed by atoms with E-state index in [1.54, 1.807) is 12.1 Å². The van der Waals surface area contributed by atoms with Crippen molar-refractivity contribution in [2.45, 2.75) is 6.92 Å². The van der Waals surface area contributed by atoms with Gasteiger partial charge in [0.15, 0.2) is 0 Å². The van der Waals surface area contributed by atoms with E-state index in [2.05, 4.69) is 4.99 Å². The first-order chi connectivity index (χ1) is 9.49. The molecule has 0 radical (unpaired) electrons. The number of benzene rings is 2. The number of nitro benzene ring substituents is 1. The number of nitro groups is 1. The van der Waals surface area contributed by atoms with Crippen molar-refractivity contribution in [2.75, 3.05) is 0 Å². The van der Waals surface area contributed by atoms with Crippen LogP contribution < -0.4 is 0 Å². The summed E-state index contributed by atoms with van der Waals surface area (Å²) in [5.41, 5.74) is 1.07. The molecule has 2 N–H and O–H groups in total. The lowest BCUT2D eigenvalue weighted by atomic mass is 10.2. The molecule has 0 atom stereocenters. The molecule has 0 heterocycles. The molecular formula is C14H12N2O4. The molecule has 0 aliphatic carbocycles. The highest BCUT2D eigenvalue weighted by Crippen LogP contribution is 2.30. The van der Waals surface area contributed by atoms with E-state index in [9.17, 15) is 20.3 Å². The number of phenolic OH excluding ortho intramolecular Hbond substituents is 2. The summed E-state index contributed by atoms with van der Waals surface area (Å²) in [5.74, 6) is -0.454. The number of phenols is 2. The third-order valence-corrected chi connectivity index (χ3v) is 2.72. The average molecular weight is 272 g/mol. The summed E-state index contributed by atoms with van der Waals surface area (Å²) >= 11 is 0. The van der Waals surface area contributed by atoms with E-state index in [-0.39, 0.29) is 17.0 Å². The highest BCUT2D eigenvalue weighted by atomic mass is 16.6. The first kappa shape index (κ1) is 13.5. The van der Waals surface area contributed by atoms with E-state index < -0.39 is 10.7 Å². The topological polar surface area (TPSA) is 96.0 Å². The molecule has 2 aromatic rings. The van der Waals surface area contributed by atoms with Gasteiger partial charge in [-0.1, -0.05) is 12.1 Å². The Hall–Kier alpha value is -2.89. The molecule has 6 nitrogen and oxygen atoms in total. The number of hydrogen-bond donors (Lipinski definition) is 2. The molecule has 0 fully saturated rings. The summed E-state index contributed by atoms with van der Waals surface area (Å²) in [4.78, 5) is 14.1. The zero-order valence-electron chi connectivity index (χ0n) is 10.6. The maximum atomic E-state index is 10.7. The van der Waals surface area contributed by atoms with Crippen molar-refractivity contribution in [3.05, 3.63) is 57.6 Å². The Morgan fingerprint density at radius 2 is 2.00 bits per heavy atom. The number of aromatic hydroxyl groups is 2. The molecule has 6 heteroatoms. The second-order valence-electron chi connectivity index (χ2n) is 4.22. The van der Waals surface area contributed by atoms with Gasteiger partial charge in [-0.25, -0.2) is 0 Å². The largest absolute Gasteiger partial charge is 0.506 e. The molecule has 0 spiro atoms. The van der Waals surface area contributed by atoms with E-state index in [1.165, 1.54) is 30.5 Å². The Balaban J connectivity index is 2.39.